The highest BCUT2D eigenvalue weighted by atomic mass is 32.2. The van der Waals surface area contributed by atoms with Crippen LogP contribution < -0.4 is 4.72 Å². The summed E-state index contributed by atoms with van der Waals surface area (Å²) in [6, 6.07) is 14.4. The highest BCUT2D eigenvalue weighted by Crippen LogP contribution is 2.22. The minimum atomic E-state index is -3.73. The summed E-state index contributed by atoms with van der Waals surface area (Å²) in [7, 11) is -3.73. The predicted molar refractivity (Wildman–Crippen MR) is 109 cm³/mol. The fourth-order valence-corrected chi connectivity index (χ4v) is 4.29. The fourth-order valence-electron chi connectivity index (χ4n) is 3.24. The molecule has 8 nitrogen and oxygen atoms in total. The van der Waals surface area contributed by atoms with E-state index in [1.165, 1.54) is 6.07 Å². The molecule has 1 fully saturated rings. The molecule has 2 N–H and O–H groups in total. The maximum absolute atomic E-state index is 12.6. The highest BCUT2D eigenvalue weighted by molar-refractivity contribution is 7.89. The normalized spacial score (nSPS) is 15.0. The average Bonchev–Trinajstić information content (AvgIpc) is 3.18. The molecule has 4 rings (SSSR count). The second kappa shape index (κ2) is 8.32. The Morgan fingerprint density at radius 1 is 1.14 bits per heavy atom. The number of benzene rings is 2. The molecule has 3 aromatic rings. The van der Waals surface area contributed by atoms with Gasteiger partial charge in [-0.1, -0.05) is 30.3 Å². The lowest BCUT2D eigenvalue weighted by molar-refractivity contribution is -0.135. The minimum Gasteiger partial charge on any atom is -0.378 e. The first-order valence-electron chi connectivity index (χ1n) is 9.43. The van der Waals surface area contributed by atoms with Crippen molar-refractivity contribution in [3.63, 3.8) is 0 Å². The van der Waals surface area contributed by atoms with Gasteiger partial charge in [0.1, 0.15) is 5.82 Å². The lowest BCUT2D eigenvalue weighted by Gasteiger charge is -2.26. The average molecular weight is 414 g/mol. The van der Waals surface area contributed by atoms with E-state index >= 15 is 0 Å². The first-order chi connectivity index (χ1) is 14.0. The van der Waals surface area contributed by atoms with E-state index in [-0.39, 0.29) is 23.8 Å². The van der Waals surface area contributed by atoms with Gasteiger partial charge in [-0.15, -0.1) is 0 Å². The zero-order chi connectivity index (χ0) is 20.3. The van der Waals surface area contributed by atoms with E-state index in [4.69, 9.17) is 4.74 Å². The van der Waals surface area contributed by atoms with E-state index in [1.807, 2.05) is 30.3 Å². The van der Waals surface area contributed by atoms with Crippen molar-refractivity contribution in [1.29, 1.82) is 0 Å². The summed E-state index contributed by atoms with van der Waals surface area (Å²) in [5, 5.41) is 0. The molecule has 9 heteroatoms. The van der Waals surface area contributed by atoms with Gasteiger partial charge in [-0.25, -0.2) is 18.1 Å². The fraction of sp³-hybridized carbons (Fsp3) is 0.300. The number of imidazole rings is 1. The molecule has 1 aliphatic rings. The molecule has 0 saturated carbocycles. The monoisotopic (exact) mass is 414 g/mol. The predicted octanol–water partition coefficient (Wildman–Crippen LogP) is 1.76. The van der Waals surface area contributed by atoms with Crippen LogP contribution in [0.2, 0.25) is 0 Å². The number of H-pyrrole nitrogens is 1. The van der Waals surface area contributed by atoms with Crippen molar-refractivity contribution in [1.82, 2.24) is 19.6 Å². The van der Waals surface area contributed by atoms with Gasteiger partial charge >= 0.3 is 0 Å². The Bertz CT molecular complexity index is 1110. The van der Waals surface area contributed by atoms with Gasteiger partial charge in [0.15, 0.2) is 0 Å². The van der Waals surface area contributed by atoms with Gasteiger partial charge in [-0.3, -0.25) is 4.79 Å². The van der Waals surface area contributed by atoms with Crippen LogP contribution in [-0.4, -0.2) is 62.0 Å². The van der Waals surface area contributed by atoms with Crippen LogP contribution in [0.15, 0.2) is 53.4 Å². The molecule has 0 bridgehead atoms. The van der Waals surface area contributed by atoms with Crippen LogP contribution in [0.3, 0.4) is 0 Å². The zero-order valence-corrected chi connectivity index (χ0v) is 16.6. The highest BCUT2D eigenvalue weighted by Gasteiger charge is 2.19. The third-order valence-corrected chi connectivity index (χ3v) is 6.26. The zero-order valence-electron chi connectivity index (χ0n) is 15.8. The molecule has 1 amide bonds. The Labute approximate surface area is 168 Å². The first kappa shape index (κ1) is 19.6. The van der Waals surface area contributed by atoms with Crippen molar-refractivity contribution in [2.45, 2.75) is 11.3 Å². The smallest absolute Gasteiger partial charge is 0.240 e. The van der Waals surface area contributed by atoms with Crippen molar-refractivity contribution in [3.8, 4) is 11.4 Å². The molecule has 2 aromatic carbocycles. The maximum atomic E-state index is 12.6. The van der Waals surface area contributed by atoms with Crippen molar-refractivity contribution in [2.24, 2.45) is 0 Å². The Morgan fingerprint density at radius 3 is 2.66 bits per heavy atom. The van der Waals surface area contributed by atoms with Gasteiger partial charge < -0.3 is 14.6 Å². The Morgan fingerprint density at radius 2 is 1.90 bits per heavy atom. The molecule has 1 aromatic heterocycles. The van der Waals surface area contributed by atoms with Crippen LogP contribution in [0.1, 0.15) is 6.42 Å². The molecule has 0 aliphatic carbocycles. The van der Waals surface area contributed by atoms with Gasteiger partial charge in [0, 0.05) is 31.6 Å². The topological polar surface area (TPSA) is 104 Å². The summed E-state index contributed by atoms with van der Waals surface area (Å²) in [5.74, 6) is 0.603. The van der Waals surface area contributed by atoms with E-state index in [0.717, 1.165) is 5.56 Å². The molecule has 1 aliphatic heterocycles. The third-order valence-electron chi connectivity index (χ3n) is 4.81. The number of hydrogen-bond acceptors (Lipinski definition) is 5. The van der Waals surface area contributed by atoms with Crippen molar-refractivity contribution in [2.75, 3.05) is 32.8 Å². The van der Waals surface area contributed by atoms with Crippen molar-refractivity contribution < 1.29 is 17.9 Å². The molecule has 0 spiro atoms. The Balaban J connectivity index is 1.44. The van der Waals surface area contributed by atoms with Gasteiger partial charge in [-0.05, 0) is 18.2 Å². The van der Waals surface area contributed by atoms with E-state index in [2.05, 4.69) is 14.7 Å². The quantitative estimate of drug-likeness (QED) is 0.640. The second-order valence-electron chi connectivity index (χ2n) is 6.77. The van der Waals surface area contributed by atoms with Gasteiger partial charge in [0.05, 0.1) is 29.1 Å². The number of carbonyl (C=O) groups excluding carboxylic acids is 1. The molecule has 2 heterocycles. The molecular formula is C20H22N4O4S. The number of aromatic nitrogens is 2. The maximum Gasteiger partial charge on any atom is 0.240 e. The van der Waals surface area contributed by atoms with Crippen molar-refractivity contribution in [3.05, 3.63) is 48.5 Å². The van der Waals surface area contributed by atoms with Gasteiger partial charge in [-0.2, -0.15) is 0 Å². The standard InChI is InChI=1S/C20H22N4O4S/c25-19(24-10-12-28-13-11-24)8-9-21-29(26,27)16-6-7-17-18(14-16)23-20(22-17)15-4-2-1-3-5-15/h1-7,14,21H,8-13H2,(H,22,23). The SMILES string of the molecule is O=C(CCNS(=O)(=O)c1ccc2nc(-c3ccccc3)[nH]c2c1)N1CCOCC1. The van der Waals surface area contributed by atoms with Crippen LogP contribution in [0, 0.1) is 0 Å². The van der Waals surface area contributed by atoms with E-state index in [0.29, 0.717) is 43.2 Å². The number of morpholine rings is 1. The summed E-state index contributed by atoms with van der Waals surface area (Å²) in [6.45, 7) is 2.19. The number of fused-ring (bicyclic) bond motifs is 1. The number of nitrogens with one attached hydrogen (secondary N) is 2. The van der Waals surface area contributed by atoms with Crippen LogP contribution in [-0.2, 0) is 19.6 Å². The Kier molecular flexibility index (Phi) is 5.61. The number of rotatable bonds is 6. The molecule has 29 heavy (non-hydrogen) atoms. The number of aromatic amines is 1. The number of carbonyl (C=O) groups is 1. The number of sulfonamides is 1. The first-order valence-corrected chi connectivity index (χ1v) is 10.9. The lowest BCUT2D eigenvalue weighted by atomic mass is 10.2. The molecule has 0 atom stereocenters. The number of ether oxygens (including phenoxy) is 1. The van der Waals surface area contributed by atoms with Crippen LogP contribution in [0.25, 0.3) is 22.4 Å². The number of amides is 1. The van der Waals surface area contributed by atoms with Crippen molar-refractivity contribution >= 4 is 27.0 Å². The molecule has 152 valence electrons. The Hall–Kier alpha value is -2.75. The van der Waals surface area contributed by atoms with Crippen LogP contribution in [0.4, 0.5) is 0 Å². The summed E-state index contributed by atoms with van der Waals surface area (Å²) >= 11 is 0. The number of nitrogens with zero attached hydrogens (tertiary/aromatic N) is 2. The second-order valence-corrected chi connectivity index (χ2v) is 8.54. The third kappa shape index (κ3) is 4.47. The van der Waals surface area contributed by atoms with E-state index < -0.39 is 10.0 Å². The summed E-state index contributed by atoms with van der Waals surface area (Å²) in [4.78, 5) is 21.7. The molecule has 0 radical (unpaired) electrons. The van der Waals surface area contributed by atoms with Crippen LogP contribution in [0.5, 0.6) is 0 Å². The lowest BCUT2D eigenvalue weighted by Crippen LogP contribution is -2.42. The molecule has 1 saturated heterocycles. The summed E-state index contributed by atoms with van der Waals surface area (Å²) < 4.78 is 33.0. The molecule has 0 unspecified atom stereocenters. The minimum absolute atomic E-state index is 0.0504. The number of hydrogen-bond donors (Lipinski definition) is 2. The van der Waals surface area contributed by atoms with Crippen LogP contribution >= 0.6 is 0 Å². The molecular weight excluding hydrogens is 392 g/mol. The van der Waals surface area contributed by atoms with Gasteiger partial charge in [0.25, 0.3) is 0 Å². The summed E-state index contributed by atoms with van der Waals surface area (Å²) in [6.07, 6.45) is 0.115. The van der Waals surface area contributed by atoms with E-state index in [9.17, 15) is 13.2 Å². The largest absolute Gasteiger partial charge is 0.378 e. The van der Waals surface area contributed by atoms with E-state index in [1.54, 1.807) is 17.0 Å². The van der Waals surface area contributed by atoms with Gasteiger partial charge in [0.2, 0.25) is 15.9 Å². The summed E-state index contributed by atoms with van der Waals surface area (Å²) in [5.41, 5.74) is 2.24.